The summed E-state index contributed by atoms with van der Waals surface area (Å²) in [6.07, 6.45) is 6.41. The zero-order chi connectivity index (χ0) is 18.8. The summed E-state index contributed by atoms with van der Waals surface area (Å²) in [6.45, 7) is 1.64. The Kier molecular flexibility index (Phi) is 4.62. The van der Waals surface area contributed by atoms with Crippen molar-refractivity contribution in [2.75, 3.05) is 5.32 Å². The number of rotatable bonds is 5. The van der Waals surface area contributed by atoms with Gasteiger partial charge >= 0.3 is 0 Å². The van der Waals surface area contributed by atoms with E-state index in [0.717, 1.165) is 22.4 Å². The Morgan fingerprint density at radius 2 is 1.93 bits per heavy atom. The predicted octanol–water partition coefficient (Wildman–Crippen LogP) is 3.73. The zero-order valence-corrected chi connectivity index (χ0v) is 15.2. The summed E-state index contributed by atoms with van der Waals surface area (Å²) in [6, 6.07) is 11.4. The van der Waals surface area contributed by atoms with Crippen molar-refractivity contribution in [3.05, 3.63) is 66.3 Å². The monoisotopic (exact) mass is 380 g/mol. The van der Waals surface area contributed by atoms with E-state index in [1.807, 2.05) is 53.4 Å². The lowest BCUT2D eigenvalue weighted by molar-refractivity contribution is 0.224. The molecular formula is C19H17ClN6O. The largest absolute Gasteiger partial charge is 0.374 e. The van der Waals surface area contributed by atoms with Gasteiger partial charge in [0, 0.05) is 46.4 Å². The van der Waals surface area contributed by atoms with Gasteiger partial charge in [-0.2, -0.15) is 5.10 Å². The molecule has 0 saturated heterocycles. The maximum atomic E-state index is 9.53. The minimum atomic E-state index is -0.694. The van der Waals surface area contributed by atoms with Crippen molar-refractivity contribution in [1.82, 2.24) is 24.7 Å². The molecule has 4 rings (SSSR count). The summed E-state index contributed by atoms with van der Waals surface area (Å²) >= 11 is 6.43. The molecule has 27 heavy (non-hydrogen) atoms. The second-order valence-corrected chi connectivity index (χ2v) is 6.43. The maximum absolute atomic E-state index is 9.53. The summed E-state index contributed by atoms with van der Waals surface area (Å²) in [5.74, 6) is 1.23. The molecule has 7 nitrogen and oxygen atoms in total. The van der Waals surface area contributed by atoms with Gasteiger partial charge in [-0.15, -0.1) is 0 Å². The number of halogens is 1. The van der Waals surface area contributed by atoms with Crippen molar-refractivity contribution in [3.63, 3.8) is 0 Å². The van der Waals surface area contributed by atoms with Gasteiger partial charge in [0.1, 0.15) is 18.4 Å². The van der Waals surface area contributed by atoms with Crippen molar-refractivity contribution >= 4 is 17.4 Å². The highest BCUT2D eigenvalue weighted by molar-refractivity contribution is 6.33. The summed E-state index contributed by atoms with van der Waals surface area (Å²) in [7, 11) is 0. The van der Waals surface area contributed by atoms with Crippen LogP contribution in [0.1, 0.15) is 6.92 Å². The van der Waals surface area contributed by atoms with E-state index in [1.165, 1.54) is 6.33 Å². The molecule has 0 aliphatic rings. The molecule has 0 aliphatic carbocycles. The minimum absolute atomic E-state index is 0.580. The van der Waals surface area contributed by atoms with Crippen molar-refractivity contribution in [2.24, 2.45) is 0 Å². The summed E-state index contributed by atoms with van der Waals surface area (Å²) in [4.78, 5) is 8.51. The Morgan fingerprint density at radius 3 is 2.67 bits per heavy atom. The topological polar surface area (TPSA) is 91.6 Å². The van der Waals surface area contributed by atoms with Crippen LogP contribution in [0.4, 0.5) is 5.82 Å². The third-order valence-corrected chi connectivity index (χ3v) is 4.39. The van der Waals surface area contributed by atoms with Gasteiger partial charge in [-0.05, 0) is 19.1 Å². The van der Waals surface area contributed by atoms with Crippen LogP contribution in [-0.4, -0.2) is 36.1 Å². The van der Waals surface area contributed by atoms with Gasteiger partial charge < -0.3 is 15.0 Å². The molecule has 3 aromatic heterocycles. The lowest BCUT2D eigenvalue weighted by Crippen LogP contribution is -2.14. The first-order valence-electron chi connectivity index (χ1n) is 8.35. The number of benzene rings is 1. The third kappa shape index (κ3) is 3.55. The standard InChI is InChI=1S/C19H17ClN6O/c1-12(27)24-18-8-13(6-7-21-18)26-9-15(14-4-2-3-5-17(14)20)16(10-26)19-22-11-23-25-19/h2-12,27H,1H3,(H,21,24)(H,22,23,25). The van der Waals surface area contributed by atoms with Crippen molar-refractivity contribution < 1.29 is 5.11 Å². The molecule has 1 atom stereocenters. The van der Waals surface area contributed by atoms with Crippen LogP contribution in [0.3, 0.4) is 0 Å². The molecule has 1 aromatic carbocycles. The zero-order valence-electron chi connectivity index (χ0n) is 14.5. The van der Waals surface area contributed by atoms with Gasteiger partial charge in [-0.25, -0.2) is 9.97 Å². The molecule has 0 bridgehead atoms. The van der Waals surface area contributed by atoms with Crippen LogP contribution in [-0.2, 0) is 0 Å². The van der Waals surface area contributed by atoms with Crippen LogP contribution in [0.15, 0.2) is 61.3 Å². The Morgan fingerprint density at radius 1 is 1.11 bits per heavy atom. The highest BCUT2D eigenvalue weighted by Gasteiger charge is 2.16. The molecule has 0 aliphatic heterocycles. The molecule has 0 radical (unpaired) electrons. The molecule has 1 unspecified atom stereocenters. The molecule has 136 valence electrons. The Labute approximate surface area is 160 Å². The number of aliphatic hydroxyl groups excluding tert-OH is 1. The predicted molar refractivity (Wildman–Crippen MR) is 105 cm³/mol. The Balaban J connectivity index is 1.84. The van der Waals surface area contributed by atoms with Crippen LogP contribution >= 0.6 is 11.6 Å². The lowest BCUT2D eigenvalue weighted by atomic mass is 10.0. The lowest BCUT2D eigenvalue weighted by Gasteiger charge is -2.10. The number of pyridine rings is 1. The van der Waals surface area contributed by atoms with Crippen LogP contribution in [0, 0.1) is 0 Å². The maximum Gasteiger partial charge on any atom is 0.157 e. The number of aromatic amines is 1. The Hall–Kier alpha value is -3.16. The highest BCUT2D eigenvalue weighted by Crippen LogP contribution is 2.36. The van der Waals surface area contributed by atoms with E-state index in [2.05, 4.69) is 25.5 Å². The molecule has 4 aromatic rings. The fraction of sp³-hybridized carbons (Fsp3) is 0.105. The van der Waals surface area contributed by atoms with E-state index in [0.29, 0.717) is 16.7 Å². The van der Waals surface area contributed by atoms with Gasteiger partial charge in [0.2, 0.25) is 0 Å². The second-order valence-electron chi connectivity index (χ2n) is 6.03. The van der Waals surface area contributed by atoms with E-state index < -0.39 is 6.23 Å². The van der Waals surface area contributed by atoms with Gasteiger partial charge in [-0.3, -0.25) is 5.10 Å². The average Bonchev–Trinajstić information content (AvgIpc) is 3.31. The van der Waals surface area contributed by atoms with Gasteiger partial charge in [0.25, 0.3) is 0 Å². The summed E-state index contributed by atoms with van der Waals surface area (Å²) in [5, 5.41) is 19.9. The smallest absolute Gasteiger partial charge is 0.157 e. The Bertz CT molecular complexity index is 1060. The SMILES string of the molecule is CC(O)Nc1cc(-n2cc(-c3ncn[nH]3)c(-c3ccccc3Cl)c2)ccn1. The van der Waals surface area contributed by atoms with Crippen molar-refractivity contribution in [3.8, 4) is 28.2 Å². The van der Waals surface area contributed by atoms with Crippen LogP contribution in [0.25, 0.3) is 28.2 Å². The van der Waals surface area contributed by atoms with Crippen LogP contribution in [0.2, 0.25) is 5.02 Å². The third-order valence-electron chi connectivity index (χ3n) is 4.06. The molecule has 0 fully saturated rings. The van der Waals surface area contributed by atoms with Gasteiger partial charge in [0.05, 0.1) is 5.69 Å². The number of hydrogen-bond donors (Lipinski definition) is 3. The van der Waals surface area contributed by atoms with Gasteiger partial charge in [0.15, 0.2) is 5.82 Å². The number of anilines is 1. The molecule has 0 saturated carbocycles. The number of hydrogen-bond acceptors (Lipinski definition) is 5. The number of nitrogens with one attached hydrogen (secondary N) is 2. The second kappa shape index (κ2) is 7.22. The molecule has 0 spiro atoms. The normalized spacial score (nSPS) is 12.1. The first-order chi connectivity index (χ1) is 13.1. The quantitative estimate of drug-likeness (QED) is 0.459. The molecule has 0 amide bonds. The summed E-state index contributed by atoms with van der Waals surface area (Å²) in [5.41, 5.74) is 3.59. The van der Waals surface area contributed by atoms with E-state index in [4.69, 9.17) is 11.6 Å². The molecule has 8 heteroatoms. The molecular weight excluding hydrogens is 364 g/mol. The van der Waals surface area contributed by atoms with E-state index in [1.54, 1.807) is 13.1 Å². The molecule has 3 heterocycles. The first kappa shape index (κ1) is 17.3. The van der Waals surface area contributed by atoms with Crippen molar-refractivity contribution in [2.45, 2.75) is 13.2 Å². The fourth-order valence-electron chi connectivity index (χ4n) is 2.89. The van der Waals surface area contributed by atoms with Gasteiger partial charge in [-0.1, -0.05) is 29.8 Å². The number of nitrogens with zero attached hydrogens (tertiary/aromatic N) is 4. The van der Waals surface area contributed by atoms with Crippen LogP contribution < -0.4 is 5.32 Å². The average molecular weight is 381 g/mol. The minimum Gasteiger partial charge on any atom is -0.374 e. The van der Waals surface area contributed by atoms with E-state index >= 15 is 0 Å². The van der Waals surface area contributed by atoms with E-state index in [9.17, 15) is 5.11 Å². The fourth-order valence-corrected chi connectivity index (χ4v) is 3.13. The number of H-pyrrole nitrogens is 1. The number of aliphatic hydroxyl groups is 1. The van der Waals surface area contributed by atoms with Crippen molar-refractivity contribution in [1.29, 1.82) is 0 Å². The molecule has 3 N–H and O–H groups in total. The van der Waals surface area contributed by atoms with E-state index in [-0.39, 0.29) is 0 Å². The first-order valence-corrected chi connectivity index (χ1v) is 8.73. The highest BCUT2D eigenvalue weighted by atomic mass is 35.5. The number of aromatic nitrogens is 5. The van der Waals surface area contributed by atoms with Crippen LogP contribution in [0.5, 0.6) is 0 Å². The summed E-state index contributed by atoms with van der Waals surface area (Å²) < 4.78 is 1.96.